The molecule has 0 saturated carbocycles. The molecule has 18 heavy (non-hydrogen) atoms. The van der Waals surface area contributed by atoms with Crippen LogP contribution in [-0.2, 0) is 6.42 Å². The lowest BCUT2D eigenvalue weighted by molar-refractivity contribution is 0.470. The van der Waals surface area contributed by atoms with E-state index in [9.17, 15) is 0 Å². The summed E-state index contributed by atoms with van der Waals surface area (Å²) in [7, 11) is 0. The van der Waals surface area contributed by atoms with Crippen LogP contribution in [0.1, 0.15) is 5.56 Å². The predicted molar refractivity (Wildman–Crippen MR) is 76.1 cm³/mol. The van der Waals surface area contributed by atoms with Crippen LogP contribution in [0.2, 0.25) is 0 Å². The molecular formula is C15H19NO2. The van der Waals surface area contributed by atoms with Crippen LogP contribution in [0, 0.1) is 0 Å². The summed E-state index contributed by atoms with van der Waals surface area (Å²) in [6, 6.07) is 8.13. The third-order valence-corrected chi connectivity index (χ3v) is 2.52. The van der Waals surface area contributed by atoms with Crippen molar-refractivity contribution in [2.45, 2.75) is 6.42 Å². The maximum absolute atomic E-state index is 8.74. The second-order valence-corrected chi connectivity index (χ2v) is 3.84. The highest BCUT2D eigenvalue weighted by Gasteiger charge is 2.03. The van der Waals surface area contributed by atoms with Crippen molar-refractivity contribution < 1.29 is 10.2 Å². The second-order valence-electron chi connectivity index (χ2n) is 3.84. The van der Waals surface area contributed by atoms with Gasteiger partial charge in [-0.3, -0.25) is 0 Å². The first kappa shape index (κ1) is 13.9. The normalized spacial score (nSPS) is 11.1. The molecule has 0 aliphatic heterocycles. The number of aliphatic hydroxyl groups is 2. The summed E-state index contributed by atoms with van der Waals surface area (Å²) in [5.74, 6) is 0. The zero-order chi connectivity index (χ0) is 13.2. The summed E-state index contributed by atoms with van der Waals surface area (Å²) in [5, 5.41) is 17.5. The molecule has 0 aromatic heterocycles. The van der Waals surface area contributed by atoms with Crippen molar-refractivity contribution in [2.24, 2.45) is 0 Å². The highest BCUT2D eigenvalue weighted by molar-refractivity contribution is 5.50. The second kappa shape index (κ2) is 8.01. The van der Waals surface area contributed by atoms with Crippen LogP contribution in [-0.4, -0.2) is 23.3 Å². The molecule has 0 bridgehead atoms. The molecular weight excluding hydrogens is 226 g/mol. The highest BCUT2D eigenvalue weighted by atomic mass is 16.2. The van der Waals surface area contributed by atoms with Crippen LogP contribution in [0.5, 0.6) is 0 Å². The van der Waals surface area contributed by atoms with E-state index in [1.165, 1.54) is 5.56 Å². The summed E-state index contributed by atoms with van der Waals surface area (Å²) in [5.41, 5.74) is 2.24. The summed E-state index contributed by atoms with van der Waals surface area (Å²) >= 11 is 0. The molecule has 1 rings (SSSR count). The maximum Gasteiger partial charge on any atom is 0.0769 e. The van der Waals surface area contributed by atoms with Crippen molar-refractivity contribution in [3.8, 4) is 0 Å². The maximum atomic E-state index is 8.74. The minimum absolute atomic E-state index is 0.582. The molecule has 0 spiro atoms. The number of anilines is 1. The van der Waals surface area contributed by atoms with Crippen molar-refractivity contribution in [1.82, 2.24) is 0 Å². The number of rotatable bonds is 7. The molecule has 0 unspecified atom stereocenters. The van der Waals surface area contributed by atoms with E-state index in [4.69, 9.17) is 10.2 Å². The van der Waals surface area contributed by atoms with Crippen molar-refractivity contribution in [3.05, 3.63) is 67.2 Å². The van der Waals surface area contributed by atoms with E-state index in [0.29, 0.717) is 13.1 Å². The Hall–Kier alpha value is -2.16. The Morgan fingerprint density at radius 2 is 1.78 bits per heavy atom. The molecule has 0 radical (unpaired) electrons. The van der Waals surface area contributed by atoms with Gasteiger partial charge in [-0.1, -0.05) is 18.2 Å². The van der Waals surface area contributed by atoms with E-state index < -0.39 is 0 Å². The third kappa shape index (κ3) is 4.37. The van der Waals surface area contributed by atoms with Gasteiger partial charge in [0, 0.05) is 18.8 Å². The molecule has 1 aromatic rings. The lowest BCUT2D eigenvalue weighted by Gasteiger charge is -2.22. The lowest BCUT2D eigenvalue weighted by atomic mass is 10.1. The Labute approximate surface area is 108 Å². The predicted octanol–water partition coefficient (Wildman–Crippen LogP) is 3.36. The van der Waals surface area contributed by atoms with Gasteiger partial charge in [0.1, 0.15) is 0 Å². The van der Waals surface area contributed by atoms with Gasteiger partial charge in [-0.15, -0.1) is 6.58 Å². The number of nitrogens with zero attached hydrogens (tertiary/aromatic N) is 1. The Balaban J connectivity index is 2.88. The van der Waals surface area contributed by atoms with Gasteiger partial charge in [-0.25, -0.2) is 0 Å². The van der Waals surface area contributed by atoms with Gasteiger partial charge in [-0.05, 0) is 36.3 Å². The molecule has 0 heterocycles. The minimum atomic E-state index is 0.582. The summed E-state index contributed by atoms with van der Waals surface area (Å²) in [6.45, 7) is 4.89. The van der Waals surface area contributed by atoms with Gasteiger partial charge in [-0.2, -0.15) is 0 Å². The molecule has 2 N–H and O–H groups in total. The van der Waals surface area contributed by atoms with Crippen molar-refractivity contribution in [1.29, 1.82) is 0 Å². The quantitative estimate of drug-likeness (QED) is 0.572. The fraction of sp³-hybridized carbons (Fsp3) is 0.200. The molecule has 0 atom stereocenters. The SMILES string of the molecule is C=CCc1cccc(N(CC=CO)CC=CO)c1. The molecule has 0 aliphatic carbocycles. The van der Waals surface area contributed by atoms with E-state index in [1.54, 1.807) is 12.2 Å². The Bertz CT molecular complexity index is 410. The van der Waals surface area contributed by atoms with Crippen LogP contribution in [0.4, 0.5) is 5.69 Å². The number of benzene rings is 1. The van der Waals surface area contributed by atoms with Crippen LogP contribution in [0.15, 0.2) is 61.6 Å². The zero-order valence-corrected chi connectivity index (χ0v) is 10.4. The zero-order valence-electron chi connectivity index (χ0n) is 10.4. The average Bonchev–Trinajstić information content (AvgIpc) is 2.40. The molecule has 0 saturated heterocycles. The topological polar surface area (TPSA) is 43.7 Å². The van der Waals surface area contributed by atoms with E-state index in [-0.39, 0.29) is 0 Å². The van der Waals surface area contributed by atoms with Gasteiger partial charge in [0.2, 0.25) is 0 Å². The van der Waals surface area contributed by atoms with Gasteiger partial charge in [0.05, 0.1) is 12.5 Å². The summed E-state index contributed by atoms with van der Waals surface area (Å²) in [4.78, 5) is 2.03. The van der Waals surface area contributed by atoms with E-state index >= 15 is 0 Å². The molecule has 1 aromatic carbocycles. The van der Waals surface area contributed by atoms with E-state index in [2.05, 4.69) is 12.6 Å². The molecule has 3 nitrogen and oxygen atoms in total. The number of hydrogen-bond donors (Lipinski definition) is 2. The first-order chi connectivity index (χ1) is 8.81. The standard InChI is InChI=1S/C15H19NO2/c1-2-6-14-7-3-8-15(13-14)16(9-4-11-17)10-5-12-18/h2-5,7-8,11-13,17-18H,1,6,9-10H2. The molecule has 96 valence electrons. The number of hydrogen-bond acceptors (Lipinski definition) is 3. The van der Waals surface area contributed by atoms with E-state index in [0.717, 1.165) is 24.6 Å². The molecule has 0 aliphatic rings. The van der Waals surface area contributed by atoms with Crippen molar-refractivity contribution in [3.63, 3.8) is 0 Å². The first-order valence-corrected chi connectivity index (χ1v) is 5.85. The van der Waals surface area contributed by atoms with Crippen LogP contribution >= 0.6 is 0 Å². The summed E-state index contributed by atoms with van der Waals surface area (Å²) < 4.78 is 0. The van der Waals surface area contributed by atoms with Crippen molar-refractivity contribution >= 4 is 5.69 Å². The number of allylic oxidation sites excluding steroid dienone is 1. The first-order valence-electron chi connectivity index (χ1n) is 5.85. The molecule has 3 heteroatoms. The van der Waals surface area contributed by atoms with Gasteiger partial charge in [0.15, 0.2) is 0 Å². The van der Waals surface area contributed by atoms with Crippen molar-refractivity contribution in [2.75, 3.05) is 18.0 Å². The monoisotopic (exact) mass is 245 g/mol. The van der Waals surface area contributed by atoms with Gasteiger partial charge in [0.25, 0.3) is 0 Å². The molecule has 0 fully saturated rings. The van der Waals surface area contributed by atoms with Gasteiger partial charge < -0.3 is 15.1 Å². The lowest BCUT2D eigenvalue weighted by Crippen LogP contribution is -2.23. The highest BCUT2D eigenvalue weighted by Crippen LogP contribution is 2.17. The Kier molecular flexibility index (Phi) is 6.19. The minimum Gasteiger partial charge on any atom is -0.516 e. The Morgan fingerprint density at radius 1 is 1.11 bits per heavy atom. The number of aliphatic hydroxyl groups excluding tert-OH is 2. The Morgan fingerprint density at radius 3 is 2.33 bits per heavy atom. The largest absolute Gasteiger partial charge is 0.516 e. The van der Waals surface area contributed by atoms with Crippen LogP contribution in [0.3, 0.4) is 0 Å². The van der Waals surface area contributed by atoms with Crippen LogP contribution in [0.25, 0.3) is 0 Å². The van der Waals surface area contributed by atoms with E-state index in [1.807, 2.05) is 29.2 Å². The fourth-order valence-corrected chi connectivity index (χ4v) is 1.68. The molecule has 0 amide bonds. The summed E-state index contributed by atoms with van der Waals surface area (Å²) in [6.07, 6.45) is 8.07. The smallest absolute Gasteiger partial charge is 0.0769 e. The third-order valence-electron chi connectivity index (χ3n) is 2.52. The van der Waals surface area contributed by atoms with Crippen LogP contribution < -0.4 is 4.90 Å². The average molecular weight is 245 g/mol. The van der Waals surface area contributed by atoms with Gasteiger partial charge >= 0.3 is 0 Å². The fourth-order valence-electron chi connectivity index (χ4n) is 1.68.